The van der Waals surface area contributed by atoms with Crippen molar-refractivity contribution in [1.82, 2.24) is 25.1 Å². The van der Waals surface area contributed by atoms with Crippen molar-refractivity contribution >= 4 is 17.5 Å². The standard InChI is InChI=1S/C23H34ClN5O2/c1-5-22-26-16(2)20(27-22)15-29-11-8-18(9-12-29)31-21-7-6-17(14-19(21)24)23(30)25-10-13-28(3)4/h6-7,14,18H,5,8-13,15H2,1-4H3,(H,25,30)(H,26,27). The van der Waals surface area contributed by atoms with Gasteiger partial charge in [0.25, 0.3) is 5.91 Å². The van der Waals surface area contributed by atoms with Gasteiger partial charge in [-0.15, -0.1) is 0 Å². The Morgan fingerprint density at radius 2 is 2.10 bits per heavy atom. The second-order valence-electron chi connectivity index (χ2n) is 8.41. The summed E-state index contributed by atoms with van der Waals surface area (Å²) in [6.45, 7) is 8.38. The first-order valence-electron chi connectivity index (χ1n) is 11.0. The molecule has 2 aromatic rings. The summed E-state index contributed by atoms with van der Waals surface area (Å²) < 4.78 is 6.16. The number of carbonyl (C=O) groups excluding carboxylic acids is 1. The van der Waals surface area contributed by atoms with Gasteiger partial charge in [0.15, 0.2) is 0 Å². The molecule has 1 amide bonds. The van der Waals surface area contributed by atoms with Gasteiger partial charge in [-0.05, 0) is 52.1 Å². The van der Waals surface area contributed by atoms with Crippen LogP contribution in [0.3, 0.4) is 0 Å². The molecule has 0 bridgehead atoms. The lowest BCUT2D eigenvalue weighted by Gasteiger charge is -2.32. The molecule has 1 saturated heterocycles. The summed E-state index contributed by atoms with van der Waals surface area (Å²) in [6, 6.07) is 5.25. The minimum atomic E-state index is -0.122. The summed E-state index contributed by atoms with van der Waals surface area (Å²) in [5.41, 5.74) is 2.85. The normalized spacial score (nSPS) is 15.4. The molecule has 0 radical (unpaired) electrons. The number of hydrogen-bond acceptors (Lipinski definition) is 5. The van der Waals surface area contributed by atoms with Gasteiger partial charge in [0.2, 0.25) is 0 Å². The van der Waals surface area contributed by atoms with Crippen LogP contribution in [0, 0.1) is 6.92 Å². The molecule has 0 atom stereocenters. The quantitative estimate of drug-likeness (QED) is 0.617. The van der Waals surface area contributed by atoms with E-state index in [0.717, 1.165) is 62.7 Å². The lowest BCUT2D eigenvalue weighted by molar-refractivity contribution is 0.0947. The molecule has 0 saturated carbocycles. The van der Waals surface area contributed by atoms with Crippen molar-refractivity contribution in [2.45, 2.75) is 45.8 Å². The van der Waals surface area contributed by atoms with Crippen LogP contribution in [0.25, 0.3) is 0 Å². The molecule has 1 aromatic carbocycles. The first kappa shape index (κ1) is 23.6. The van der Waals surface area contributed by atoms with E-state index >= 15 is 0 Å². The van der Waals surface area contributed by atoms with E-state index in [1.165, 1.54) is 0 Å². The van der Waals surface area contributed by atoms with Gasteiger partial charge in [0.05, 0.1) is 10.7 Å². The number of ether oxygens (including phenoxy) is 1. The first-order valence-corrected chi connectivity index (χ1v) is 11.4. The number of halogens is 1. The van der Waals surface area contributed by atoms with Crippen LogP contribution in [0.4, 0.5) is 0 Å². The Balaban J connectivity index is 1.48. The number of likely N-dealkylation sites (tertiary alicyclic amines) is 1. The first-order chi connectivity index (χ1) is 14.9. The van der Waals surface area contributed by atoms with Crippen LogP contribution in [-0.2, 0) is 13.0 Å². The van der Waals surface area contributed by atoms with Gasteiger partial charge in [0, 0.05) is 50.4 Å². The van der Waals surface area contributed by atoms with Crippen molar-refractivity contribution in [2.24, 2.45) is 0 Å². The van der Waals surface area contributed by atoms with E-state index in [1.54, 1.807) is 18.2 Å². The molecular weight excluding hydrogens is 414 g/mol. The Labute approximate surface area is 190 Å². The van der Waals surface area contributed by atoms with Gasteiger partial charge in [0.1, 0.15) is 17.7 Å². The number of H-pyrrole nitrogens is 1. The third-order valence-electron chi connectivity index (χ3n) is 5.61. The van der Waals surface area contributed by atoms with Gasteiger partial charge >= 0.3 is 0 Å². The molecule has 0 spiro atoms. The highest BCUT2D eigenvalue weighted by Gasteiger charge is 2.23. The molecule has 7 nitrogen and oxygen atoms in total. The summed E-state index contributed by atoms with van der Waals surface area (Å²) in [7, 11) is 3.94. The topological polar surface area (TPSA) is 73.5 Å². The van der Waals surface area contributed by atoms with E-state index < -0.39 is 0 Å². The highest BCUT2D eigenvalue weighted by molar-refractivity contribution is 6.32. The second kappa shape index (κ2) is 11.0. The summed E-state index contributed by atoms with van der Waals surface area (Å²) in [5.74, 6) is 1.57. The van der Waals surface area contributed by atoms with Gasteiger partial charge in [-0.1, -0.05) is 18.5 Å². The van der Waals surface area contributed by atoms with Crippen molar-refractivity contribution in [3.63, 3.8) is 0 Å². The fraction of sp³-hybridized carbons (Fsp3) is 0.565. The minimum absolute atomic E-state index is 0.122. The molecule has 31 heavy (non-hydrogen) atoms. The Morgan fingerprint density at radius 3 is 2.71 bits per heavy atom. The van der Waals surface area contributed by atoms with Crippen LogP contribution in [0.2, 0.25) is 5.02 Å². The number of hydrogen-bond donors (Lipinski definition) is 2. The molecule has 2 heterocycles. The molecule has 170 valence electrons. The predicted molar refractivity (Wildman–Crippen MR) is 124 cm³/mol. The zero-order valence-corrected chi connectivity index (χ0v) is 19.8. The predicted octanol–water partition coefficient (Wildman–Crippen LogP) is 3.27. The van der Waals surface area contributed by atoms with Crippen LogP contribution < -0.4 is 10.1 Å². The average Bonchev–Trinajstić information content (AvgIpc) is 3.10. The highest BCUT2D eigenvalue weighted by atomic mass is 35.5. The number of rotatable bonds is 9. The number of carbonyl (C=O) groups is 1. The van der Waals surface area contributed by atoms with E-state index in [-0.39, 0.29) is 12.0 Å². The van der Waals surface area contributed by atoms with E-state index in [4.69, 9.17) is 16.3 Å². The molecule has 1 aliphatic rings. The summed E-state index contributed by atoms with van der Waals surface area (Å²) in [6.07, 6.45) is 2.93. The molecule has 0 unspecified atom stereocenters. The van der Waals surface area contributed by atoms with Gasteiger partial charge in [-0.25, -0.2) is 4.98 Å². The number of amides is 1. The number of likely N-dealkylation sites (N-methyl/N-ethyl adjacent to an activating group) is 1. The Bertz CT molecular complexity index is 875. The summed E-state index contributed by atoms with van der Waals surface area (Å²) in [5, 5.41) is 3.37. The highest BCUT2D eigenvalue weighted by Crippen LogP contribution is 2.28. The van der Waals surface area contributed by atoms with Gasteiger partial charge in [-0.3, -0.25) is 9.69 Å². The maximum Gasteiger partial charge on any atom is 0.251 e. The molecule has 2 N–H and O–H groups in total. The lowest BCUT2D eigenvalue weighted by atomic mass is 10.1. The lowest BCUT2D eigenvalue weighted by Crippen LogP contribution is -2.38. The number of piperidine rings is 1. The zero-order chi connectivity index (χ0) is 22.4. The van der Waals surface area contributed by atoms with Crippen molar-refractivity contribution in [3.8, 4) is 5.75 Å². The average molecular weight is 448 g/mol. The number of aryl methyl sites for hydroxylation is 2. The van der Waals surface area contributed by atoms with Crippen LogP contribution in [0.5, 0.6) is 5.75 Å². The van der Waals surface area contributed by atoms with Crippen molar-refractivity contribution in [1.29, 1.82) is 0 Å². The summed E-state index contributed by atoms with van der Waals surface area (Å²) >= 11 is 6.41. The third-order valence-corrected chi connectivity index (χ3v) is 5.91. The van der Waals surface area contributed by atoms with Crippen molar-refractivity contribution in [3.05, 3.63) is 46.0 Å². The number of benzene rings is 1. The number of nitrogens with zero attached hydrogens (tertiary/aromatic N) is 3. The number of imidazole rings is 1. The number of nitrogens with one attached hydrogen (secondary N) is 2. The van der Waals surface area contributed by atoms with E-state index in [9.17, 15) is 4.79 Å². The number of aromatic amines is 1. The van der Waals surface area contributed by atoms with E-state index in [2.05, 4.69) is 34.0 Å². The number of aromatic nitrogens is 2. The largest absolute Gasteiger partial charge is 0.489 e. The smallest absolute Gasteiger partial charge is 0.251 e. The van der Waals surface area contributed by atoms with Crippen LogP contribution in [0.15, 0.2) is 18.2 Å². The van der Waals surface area contributed by atoms with Gasteiger partial charge in [-0.2, -0.15) is 0 Å². The van der Waals surface area contributed by atoms with Crippen molar-refractivity contribution in [2.75, 3.05) is 40.3 Å². The van der Waals surface area contributed by atoms with E-state index in [0.29, 0.717) is 22.9 Å². The minimum Gasteiger partial charge on any atom is -0.489 e. The van der Waals surface area contributed by atoms with Crippen molar-refractivity contribution < 1.29 is 9.53 Å². The Kier molecular flexibility index (Phi) is 8.35. The fourth-order valence-electron chi connectivity index (χ4n) is 3.69. The zero-order valence-electron chi connectivity index (χ0n) is 19.0. The Hall–Kier alpha value is -2.09. The fourth-order valence-corrected chi connectivity index (χ4v) is 3.92. The molecule has 3 rings (SSSR count). The van der Waals surface area contributed by atoms with Crippen LogP contribution in [0.1, 0.15) is 47.3 Å². The molecule has 8 heteroatoms. The SMILES string of the molecule is CCc1nc(CN2CCC(Oc3ccc(C(=O)NCCN(C)C)cc3Cl)CC2)c(C)[nH]1. The Morgan fingerprint density at radius 1 is 1.35 bits per heavy atom. The molecule has 1 fully saturated rings. The monoisotopic (exact) mass is 447 g/mol. The molecule has 0 aliphatic carbocycles. The maximum atomic E-state index is 12.3. The van der Waals surface area contributed by atoms with E-state index in [1.807, 2.05) is 19.0 Å². The molecule has 1 aliphatic heterocycles. The maximum absolute atomic E-state index is 12.3. The van der Waals surface area contributed by atoms with Crippen LogP contribution in [-0.4, -0.2) is 72.1 Å². The van der Waals surface area contributed by atoms with Crippen LogP contribution >= 0.6 is 11.6 Å². The molecule has 1 aromatic heterocycles. The summed E-state index contributed by atoms with van der Waals surface area (Å²) in [4.78, 5) is 24.8. The van der Waals surface area contributed by atoms with Gasteiger partial charge < -0.3 is 19.9 Å². The molecular formula is C23H34ClN5O2. The third kappa shape index (κ3) is 6.69. The second-order valence-corrected chi connectivity index (χ2v) is 8.81.